The number of amides is 1. The van der Waals surface area contributed by atoms with Gasteiger partial charge in [-0.25, -0.2) is 4.39 Å². The zero-order valence-electron chi connectivity index (χ0n) is 19.6. The molecule has 35 heavy (non-hydrogen) atoms. The number of carbonyl (C=O) groups is 1. The largest absolute Gasteiger partial charge is 0.467 e. The van der Waals surface area contributed by atoms with Crippen molar-refractivity contribution in [1.29, 1.82) is 0 Å². The first-order valence-corrected chi connectivity index (χ1v) is 11.7. The van der Waals surface area contributed by atoms with Crippen molar-refractivity contribution in [1.82, 2.24) is 9.88 Å². The summed E-state index contributed by atoms with van der Waals surface area (Å²) in [6.07, 6.45) is 4.06. The normalized spacial score (nSPS) is 12.1. The highest BCUT2D eigenvalue weighted by Crippen LogP contribution is 2.35. The van der Waals surface area contributed by atoms with Gasteiger partial charge >= 0.3 is 0 Å². The third-order valence-electron chi connectivity index (χ3n) is 6.33. The highest BCUT2D eigenvalue weighted by atomic mass is 19.1. The van der Waals surface area contributed by atoms with Gasteiger partial charge < -0.3 is 14.3 Å². The van der Waals surface area contributed by atoms with Crippen LogP contribution < -0.4 is 5.32 Å². The number of carbonyl (C=O) groups excluding carboxylic acids is 1. The number of rotatable bonds is 8. The zero-order chi connectivity index (χ0) is 24.2. The Kier molecular flexibility index (Phi) is 6.49. The smallest absolute Gasteiger partial charge is 0.221 e. The number of nitrogens with one attached hydrogen (secondary N) is 1. The molecule has 0 saturated heterocycles. The van der Waals surface area contributed by atoms with E-state index in [0.717, 1.165) is 38.9 Å². The van der Waals surface area contributed by atoms with E-state index in [-0.39, 0.29) is 17.6 Å². The lowest BCUT2D eigenvalue weighted by Gasteiger charge is -2.18. The number of hydrogen-bond acceptors (Lipinski definition) is 2. The highest BCUT2D eigenvalue weighted by Gasteiger charge is 2.23. The summed E-state index contributed by atoms with van der Waals surface area (Å²) in [7, 11) is 0. The standard InChI is InChI=1S/C30H27FN2O2/c1-21-6-4-7-23(16-21)27(17-30(34)32-18-25-8-5-15-35-25)28-20-33(29-10-3-2-9-26(28)29)19-22-11-13-24(31)14-12-22/h2-16,20,27H,17-19H2,1H3,(H,32,34)/t27-/m1/s1. The second-order valence-electron chi connectivity index (χ2n) is 8.88. The SMILES string of the molecule is Cc1cccc([C@@H](CC(=O)NCc2ccco2)c2cn(Cc3ccc(F)cc3)c3ccccc23)c1. The fourth-order valence-corrected chi connectivity index (χ4v) is 4.62. The minimum Gasteiger partial charge on any atom is -0.467 e. The van der Waals surface area contributed by atoms with Gasteiger partial charge in [0.15, 0.2) is 0 Å². The molecule has 176 valence electrons. The number of furan rings is 1. The summed E-state index contributed by atoms with van der Waals surface area (Å²) in [4.78, 5) is 13.1. The Balaban J connectivity index is 1.51. The van der Waals surface area contributed by atoms with Gasteiger partial charge in [0.1, 0.15) is 11.6 Å². The number of fused-ring (bicyclic) bond motifs is 1. The number of halogens is 1. The quantitative estimate of drug-likeness (QED) is 0.281. The van der Waals surface area contributed by atoms with Gasteiger partial charge in [-0.15, -0.1) is 0 Å². The summed E-state index contributed by atoms with van der Waals surface area (Å²) in [6.45, 7) is 3.04. The molecule has 0 unspecified atom stereocenters. The Bertz CT molecular complexity index is 1440. The number of nitrogens with zero attached hydrogens (tertiary/aromatic N) is 1. The van der Waals surface area contributed by atoms with Gasteiger partial charge in [0, 0.05) is 36.0 Å². The van der Waals surface area contributed by atoms with E-state index in [1.54, 1.807) is 6.26 Å². The molecule has 2 aromatic heterocycles. The predicted molar refractivity (Wildman–Crippen MR) is 136 cm³/mol. The van der Waals surface area contributed by atoms with Crippen LogP contribution in [-0.4, -0.2) is 10.5 Å². The molecule has 5 heteroatoms. The van der Waals surface area contributed by atoms with Gasteiger partial charge in [0.25, 0.3) is 0 Å². The number of para-hydroxylation sites is 1. The van der Waals surface area contributed by atoms with Crippen molar-refractivity contribution in [3.05, 3.63) is 131 Å². The number of aryl methyl sites for hydroxylation is 1. The first-order valence-electron chi connectivity index (χ1n) is 11.7. The van der Waals surface area contributed by atoms with E-state index in [2.05, 4.69) is 53.3 Å². The first kappa shape index (κ1) is 22.7. The molecular formula is C30H27FN2O2. The minimum absolute atomic E-state index is 0.0386. The van der Waals surface area contributed by atoms with Gasteiger partial charge in [0.2, 0.25) is 5.91 Å². The average molecular weight is 467 g/mol. The number of benzene rings is 3. The van der Waals surface area contributed by atoms with Crippen LogP contribution in [0.1, 0.15) is 40.4 Å². The minimum atomic E-state index is -0.244. The van der Waals surface area contributed by atoms with Gasteiger partial charge in [-0.2, -0.15) is 0 Å². The topological polar surface area (TPSA) is 47.2 Å². The molecule has 5 rings (SSSR count). The van der Waals surface area contributed by atoms with Gasteiger partial charge in [0.05, 0.1) is 12.8 Å². The summed E-state index contributed by atoms with van der Waals surface area (Å²) < 4.78 is 21.0. The molecule has 0 aliphatic carbocycles. The van der Waals surface area contributed by atoms with Crippen LogP contribution in [0.4, 0.5) is 4.39 Å². The molecule has 0 spiro atoms. The van der Waals surface area contributed by atoms with Crippen LogP contribution >= 0.6 is 0 Å². The lowest BCUT2D eigenvalue weighted by molar-refractivity contribution is -0.121. The Labute approximate surface area is 204 Å². The van der Waals surface area contributed by atoms with E-state index in [9.17, 15) is 9.18 Å². The third kappa shape index (κ3) is 5.19. The van der Waals surface area contributed by atoms with E-state index in [0.29, 0.717) is 19.5 Å². The monoisotopic (exact) mass is 466 g/mol. The van der Waals surface area contributed by atoms with Crippen molar-refractivity contribution >= 4 is 16.8 Å². The van der Waals surface area contributed by atoms with Crippen molar-refractivity contribution in [2.75, 3.05) is 0 Å². The Morgan fingerprint density at radius 1 is 1.00 bits per heavy atom. The lowest BCUT2D eigenvalue weighted by Crippen LogP contribution is -2.24. The fraction of sp³-hybridized carbons (Fsp3) is 0.167. The second kappa shape index (κ2) is 10.0. The van der Waals surface area contributed by atoms with Crippen LogP contribution in [-0.2, 0) is 17.9 Å². The maximum absolute atomic E-state index is 13.4. The zero-order valence-corrected chi connectivity index (χ0v) is 19.6. The van der Waals surface area contributed by atoms with E-state index in [4.69, 9.17) is 4.42 Å². The molecule has 0 bridgehead atoms. The second-order valence-corrected chi connectivity index (χ2v) is 8.88. The van der Waals surface area contributed by atoms with Crippen molar-refractivity contribution in [2.24, 2.45) is 0 Å². The van der Waals surface area contributed by atoms with Crippen molar-refractivity contribution in [3.8, 4) is 0 Å². The fourth-order valence-electron chi connectivity index (χ4n) is 4.62. The van der Waals surface area contributed by atoms with Crippen molar-refractivity contribution < 1.29 is 13.6 Å². The van der Waals surface area contributed by atoms with Gasteiger partial charge in [-0.3, -0.25) is 4.79 Å². The van der Waals surface area contributed by atoms with Crippen molar-refractivity contribution in [3.63, 3.8) is 0 Å². The van der Waals surface area contributed by atoms with E-state index < -0.39 is 0 Å². The maximum atomic E-state index is 13.4. The van der Waals surface area contributed by atoms with Crippen LogP contribution in [0.25, 0.3) is 10.9 Å². The van der Waals surface area contributed by atoms with Crippen LogP contribution in [0.2, 0.25) is 0 Å². The number of aromatic nitrogens is 1. The molecule has 0 aliphatic heterocycles. The van der Waals surface area contributed by atoms with Crippen LogP contribution in [0.15, 0.2) is 102 Å². The predicted octanol–water partition coefficient (Wildman–Crippen LogP) is 6.57. The van der Waals surface area contributed by atoms with Crippen LogP contribution in [0, 0.1) is 12.7 Å². The molecule has 3 aromatic carbocycles. The highest BCUT2D eigenvalue weighted by molar-refractivity contribution is 5.86. The third-order valence-corrected chi connectivity index (χ3v) is 6.33. The average Bonchev–Trinajstić information content (AvgIpc) is 3.51. The molecule has 0 saturated carbocycles. The summed E-state index contributed by atoms with van der Waals surface area (Å²) in [6, 6.07) is 26.8. The molecule has 1 atom stereocenters. The Morgan fingerprint density at radius 3 is 2.60 bits per heavy atom. The molecule has 0 aliphatic rings. The molecule has 2 heterocycles. The molecule has 5 aromatic rings. The van der Waals surface area contributed by atoms with E-state index in [1.165, 1.54) is 12.1 Å². The Hall–Kier alpha value is -4.12. The molecule has 1 N–H and O–H groups in total. The molecule has 4 nitrogen and oxygen atoms in total. The Morgan fingerprint density at radius 2 is 1.83 bits per heavy atom. The molecular weight excluding hydrogens is 439 g/mol. The van der Waals surface area contributed by atoms with E-state index >= 15 is 0 Å². The van der Waals surface area contributed by atoms with Gasteiger partial charge in [-0.05, 0) is 53.9 Å². The van der Waals surface area contributed by atoms with Crippen LogP contribution in [0.3, 0.4) is 0 Å². The lowest BCUT2D eigenvalue weighted by atomic mass is 9.87. The number of hydrogen-bond donors (Lipinski definition) is 1. The van der Waals surface area contributed by atoms with Crippen molar-refractivity contribution in [2.45, 2.75) is 32.4 Å². The summed E-state index contributed by atoms with van der Waals surface area (Å²) in [5.41, 5.74) is 5.45. The van der Waals surface area contributed by atoms with Crippen LogP contribution in [0.5, 0.6) is 0 Å². The molecule has 1 amide bonds. The molecule has 0 radical (unpaired) electrons. The summed E-state index contributed by atoms with van der Waals surface area (Å²) >= 11 is 0. The summed E-state index contributed by atoms with van der Waals surface area (Å²) in [5, 5.41) is 4.11. The first-order chi connectivity index (χ1) is 17.1. The molecule has 0 fully saturated rings. The van der Waals surface area contributed by atoms with Gasteiger partial charge in [-0.1, -0.05) is 60.2 Å². The summed E-state index contributed by atoms with van der Waals surface area (Å²) in [5.74, 6) is 0.322. The maximum Gasteiger partial charge on any atom is 0.221 e. The van der Waals surface area contributed by atoms with E-state index in [1.807, 2.05) is 42.5 Å².